The van der Waals surface area contributed by atoms with Crippen LogP contribution in [0.2, 0.25) is 0 Å². The fourth-order valence-corrected chi connectivity index (χ4v) is 4.98. The molecule has 0 saturated carbocycles. The Morgan fingerprint density at radius 1 is 0.773 bits per heavy atom. The molecule has 0 aromatic heterocycles. The van der Waals surface area contributed by atoms with E-state index in [9.17, 15) is 14.4 Å². The molecule has 3 rings (SSSR count). The summed E-state index contributed by atoms with van der Waals surface area (Å²) in [4.78, 5) is 41.9. The molecule has 0 aliphatic heterocycles. The van der Waals surface area contributed by atoms with Gasteiger partial charge in [-0.15, -0.1) is 0 Å². The highest BCUT2D eigenvalue weighted by atomic mass is 16.6. The Morgan fingerprint density at radius 3 is 1.93 bits per heavy atom. The molecule has 1 N–H and O–H groups in total. The summed E-state index contributed by atoms with van der Waals surface area (Å²) in [5, 5.41) is 2.95. The van der Waals surface area contributed by atoms with Crippen molar-refractivity contribution < 1.29 is 23.9 Å². The van der Waals surface area contributed by atoms with Crippen LogP contribution in [0, 0.1) is 11.8 Å². The Kier molecular flexibility index (Phi) is 13.0. The van der Waals surface area contributed by atoms with Crippen LogP contribution < -0.4 is 5.32 Å². The van der Waals surface area contributed by atoms with Gasteiger partial charge in [0.1, 0.15) is 11.6 Å². The number of urea groups is 1. The first-order valence-electron chi connectivity index (χ1n) is 15.6. The fraction of sp³-hybridized carbons (Fsp3) is 0.432. The van der Waals surface area contributed by atoms with Gasteiger partial charge in [0.15, 0.2) is 0 Å². The zero-order valence-electron chi connectivity index (χ0n) is 27.0. The van der Waals surface area contributed by atoms with Crippen molar-refractivity contribution in [2.24, 2.45) is 11.8 Å². The van der Waals surface area contributed by atoms with Crippen LogP contribution in [-0.2, 0) is 31.9 Å². The second-order valence-corrected chi connectivity index (χ2v) is 12.6. The minimum absolute atomic E-state index is 0.142. The Balaban J connectivity index is 1.81. The quantitative estimate of drug-likeness (QED) is 0.200. The third-order valence-corrected chi connectivity index (χ3v) is 7.05. The lowest BCUT2D eigenvalue weighted by Crippen LogP contribution is -2.52. The third-order valence-electron chi connectivity index (χ3n) is 7.05. The molecule has 2 atom stereocenters. The minimum atomic E-state index is -0.913. The van der Waals surface area contributed by atoms with Crippen molar-refractivity contribution in [3.8, 4) is 11.1 Å². The molecule has 0 heterocycles. The number of aryl methyl sites for hydroxylation is 1. The molecule has 7 nitrogen and oxygen atoms in total. The van der Waals surface area contributed by atoms with Crippen LogP contribution in [0.4, 0.5) is 4.79 Å². The van der Waals surface area contributed by atoms with Gasteiger partial charge in [-0.3, -0.25) is 4.79 Å². The largest absolute Gasteiger partial charge is 0.466 e. The molecule has 0 bridgehead atoms. The number of carbonyl (C=O) groups excluding carboxylic acids is 3. The van der Waals surface area contributed by atoms with Gasteiger partial charge in [-0.05, 0) is 68.7 Å². The second-order valence-electron chi connectivity index (χ2n) is 12.6. The molecule has 7 heteroatoms. The molecule has 0 fully saturated rings. The number of esters is 2. The van der Waals surface area contributed by atoms with Crippen LogP contribution in [0.3, 0.4) is 0 Å². The smallest absolute Gasteiger partial charge is 0.329 e. The van der Waals surface area contributed by atoms with E-state index in [1.807, 2.05) is 98.8 Å². The summed E-state index contributed by atoms with van der Waals surface area (Å²) >= 11 is 0. The van der Waals surface area contributed by atoms with Crippen LogP contribution in [-0.4, -0.2) is 54.2 Å². The maximum absolute atomic E-state index is 13.8. The number of nitrogens with one attached hydrogen (secondary N) is 1. The average Bonchev–Trinajstić information content (AvgIpc) is 2.98. The molecule has 44 heavy (non-hydrogen) atoms. The number of benzene rings is 3. The van der Waals surface area contributed by atoms with Crippen LogP contribution in [0.5, 0.6) is 0 Å². The zero-order valence-corrected chi connectivity index (χ0v) is 27.0. The molecule has 2 amide bonds. The van der Waals surface area contributed by atoms with Gasteiger partial charge in [-0.2, -0.15) is 0 Å². The zero-order chi connectivity index (χ0) is 32.1. The number of rotatable bonds is 14. The van der Waals surface area contributed by atoms with Crippen molar-refractivity contribution in [2.75, 3.05) is 19.7 Å². The van der Waals surface area contributed by atoms with Crippen LogP contribution in [0.1, 0.15) is 59.1 Å². The number of hydrogen-bond acceptors (Lipinski definition) is 5. The number of amides is 2. The summed E-state index contributed by atoms with van der Waals surface area (Å²) in [5.74, 6) is -1.20. The lowest BCUT2D eigenvalue weighted by atomic mass is 9.98. The predicted molar refractivity (Wildman–Crippen MR) is 175 cm³/mol. The molecule has 3 aromatic carbocycles. The molecule has 0 aliphatic rings. The first-order valence-corrected chi connectivity index (χ1v) is 15.6. The van der Waals surface area contributed by atoms with Crippen molar-refractivity contribution in [1.82, 2.24) is 10.2 Å². The number of hydrogen-bond donors (Lipinski definition) is 1. The van der Waals surface area contributed by atoms with Crippen molar-refractivity contribution in [1.29, 1.82) is 0 Å². The molecule has 1 unspecified atom stereocenters. The Bertz CT molecular complexity index is 1320. The van der Waals surface area contributed by atoms with E-state index in [1.165, 1.54) is 0 Å². The van der Waals surface area contributed by atoms with E-state index in [0.717, 1.165) is 22.3 Å². The summed E-state index contributed by atoms with van der Waals surface area (Å²) < 4.78 is 11.1. The van der Waals surface area contributed by atoms with Gasteiger partial charge < -0.3 is 19.7 Å². The second kappa shape index (κ2) is 16.6. The summed E-state index contributed by atoms with van der Waals surface area (Å²) in [6.07, 6.45) is 1.48. The van der Waals surface area contributed by atoms with Crippen molar-refractivity contribution in [3.63, 3.8) is 0 Å². The van der Waals surface area contributed by atoms with Gasteiger partial charge in [0.05, 0.1) is 12.5 Å². The maximum atomic E-state index is 13.8. The van der Waals surface area contributed by atoms with Gasteiger partial charge in [0.2, 0.25) is 0 Å². The molecule has 0 spiro atoms. The minimum Gasteiger partial charge on any atom is -0.466 e. The van der Waals surface area contributed by atoms with E-state index in [2.05, 4.69) is 5.32 Å². The first-order chi connectivity index (χ1) is 20.9. The highest BCUT2D eigenvalue weighted by Gasteiger charge is 2.31. The molecule has 0 aliphatic carbocycles. The van der Waals surface area contributed by atoms with E-state index in [4.69, 9.17) is 9.47 Å². The van der Waals surface area contributed by atoms with Gasteiger partial charge in [0.25, 0.3) is 0 Å². The predicted octanol–water partition coefficient (Wildman–Crippen LogP) is 7.09. The van der Waals surface area contributed by atoms with E-state index in [-0.39, 0.29) is 31.5 Å². The molecular weight excluding hydrogens is 552 g/mol. The Labute approximate surface area is 263 Å². The summed E-state index contributed by atoms with van der Waals surface area (Å²) in [6.45, 7) is 12.1. The molecule has 3 aromatic rings. The van der Waals surface area contributed by atoms with Crippen molar-refractivity contribution >= 4 is 18.0 Å². The van der Waals surface area contributed by atoms with Gasteiger partial charge in [0, 0.05) is 19.5 Å². The van der Waals surface area contributed by atoms with E-state index in [0.29, 0.717) is 19.4 Å². The lowest BCUT2D eigenvalue weighted by molar-refractivity contribution is -0.157. The molecule has 236 valence electrons. The van der Waals surface area contributed by atoms with E-state index < -0.39 is 29.6 Å². The summed E-state index contributed by atoms with van der Waals surface area (Å²) in [7, 11) is 0. The number of ether oxygens (including phenoxy) is 2. The molecular formula is C37H48N2O5. The van der Waals surface area contributed by atoms with Crippen molar-refractivity contribution in [3.05, 3.63) is 96.1 Å². The van der Waals surface area contributed by atoms with Crippen LogP contribution in [0.25, 0.3) is 11.1 Å². The van der Waals surface area contributed by atoms with E-state index in [1.54, 1.807) is 32.6 Å². The van der Waals surface area contributed by atoms with Crippen LogP contribution >= 0.6 is 0 Å². The topological polar surface area (TPSA) is 84.9 Å². The highest BCUT2D eigenvalue weighted by Crippen LogP contribution is 2.21. The molecule has 0 saturated heterocycles. The Morgan fingerprint density at radius 2 is 1.36 bits per heavy atom. The SMILES string of the molecule is CCOC(=O)C(CCc1ccccc1)CN(CC(C)C)C(=O)N[C@@H](Cc1ccc(-c2ccccc2)cc1)C(=O)OC(C)(C)C. The summed E-state index contributed by atoms with van der Waals surface area (Å²) in [5.41, 5.74) is 3.45. The normalized spacial score (nSPS) is 12.7. The molecule has 0 radical (unpaired) electrons. The van der Waals surface area contributed by atoms with Crippen LogP contribution in [0.15, 0.2) is 84.9 Å². The monoisotopic (exact) mass is 600 g/mol. The lowest BCUT2D eigenvalue weighted by Gasteiger charge is -2.31. The van der Waals surface area contributed by atoms with Crippen molar-refractivity contribution in [2.45, 2.75) is 72.4 Å². The summed E-state index contributed by atoms with van der Waals surface area (Å²) in [6, 6.07) is 26.7. The van der Waals surface area contributed by atoms with Gasteiger partial charge in [-0.1, -0.05) is 98.8 Å². The highest BCUT2D eigenvalue weighted by molar-refractivity contribution is 5.84. The maximum Gasteiger partial charge on any atom is 0.329 e. The first kappa shape index (κ1) is 34.4. The number of carbonyl (C=O) groups is 3. The van der Waals surface area contributed by atoms with Gasteiger partial charge >= 0.3 is 18.0 Å². The standard InChI is InChI=1S/C37H48N2O5/c1-7-43-34(40)32(23-18-28-14-10-8-11-15-28)26-39(25-27(2)3)36(42)38-33(35(41)44-37(4,5)6)24-29-19-21-31(22-20-29)30-16-12-9-13-17-30/h8-17,19-22,27,32-33H,7,18,23-26H2,1-6H3,(H,38,42)/t32?,33-/m0/s1. The van der Waals surface area contributed by atoms with Gasteiger partial charge in [-0.25, -0.2) is 9.59 Å². The van der Waals surface area contributed by atoms with E-state index >= 15 is 0 Å². The fourth-order valence-electron chi connectivity index (χ4n) is 4.98. The Hall–Kier alpha value is -4.13. The average molecular weight is 601 g/mol. The number of nitrogens with zero attached hydrogens (tertiary/aromatic N) is 1. The third kappa shape index (κ3) is 11.5.